The first-order chi connectivity index (χ1) is 8.25. The lowest BCUT2D eigenvalue weighted by Gasteiger charge is -2.25. The molecule has 0 unspecified atom stereocenters. The first-order valence-electron chi connectivity index (χ1n) is 5.93. The molecule has 1 saturated carbocycles. The zero-order chi connectivity index (χ0) is 11.8. The van der Waals surface area contributed by atoms with Gasteiger partial charge in [-0.2, -0.15) is 0 Å². The Kier molecular flexibility index (Phi) is 2.35. The van der Waals surface area contributed by atoms with Crippen LogP contribution in [0.5, 0.6) is 0 Å². The average molecular weight is 230 g/mol. The highest BCUT2D eigenvalue weighted by Crippen LogP contribution is 2.39. The summed E-state index contributed by atoms with van der Waals surface area (Å²) in [6.45, 7) is 0. The summed E-state index contributed by atoms with van der Waals surface area (Å²) in [6, 6.07) is 3.80. The predicted octanol–water partition coefficient (Wildman–Crippen LogP) is 2.46. The Labute approximate surface area is 98.7 Å². The third kappa shape index (κ3) is 1.69. The quantitative estimate of drug-likeness (QED) is 0.851. The Balaban J connectivity index is 2.14. The zero-order valence-electron chi connectivity index (χ0n) is 9.44. The van der Waals surface area contributed by atoms with Crippen molar-refractivity contribution >= 4 is 17.0 Å². The van der Waals surface area contributed by atoms with Gasteiger partial charge < -0.3 is 10.1 Å². The van der Waals surface area contributed by atoms with Crippen molar-refractivity contribution in [2.45, 2.75) is 31.6 Å². The number of aliphatic carboxylic acids is 1. The summed E-state index contributed by atoms with van der Waals surface area (Å²) in [5, 5.41) is 9.96. The van der Waals surface area contributed by atoms with E-state index in [0.29, 0.717) is 5.92 Å². The second-order valence-corrected chi connectivity index (χ2v) is 4.62. The lowest BCUT2D eigenvalue weighted by molar-refractivity contribution is -0.136. The van der Waals surface area contributed by atoms with E-state index in [9.17, 15) is 4.79 Å². The molecule has 1 fully saturated rings. The van der Waals surface area contributed by atoms with Crippen LogP contribution in [0.15, 0.2) is 18.3 Å². The number of nitrogens with one attached hydrogen (secondary N) is 1. The van der Waals surface area contributed by atoms with Crippen LogP contribution >= 0.6 is 0 Å². The van der Waals surface area contributed by atoms with E-state index in [1.807, 2.05) is 12.1 Å². The molecule has 4 heteroatoms. The second-order valence-electron chi connectivity index (χ2n) is 4.62. The molecule has 0 aliphatic heterocycles. The summed E-state index contributed by atoms with van der Waals surface area (Å²) in [5.41, 5.74) is 2.82. The minimum Gasteiger partial charge on any atom is -0.481 e. The zero-order valence-corrected chi connectivity index (χ0v) is 9.44. The number of pyridine rings is 1. The van der Waals surface area contributed by atoms with E-state index in [1.54, 1.807) is 6.20 Å². The van der Waals surface area contributed by atoms with Crippen molar-refractivity contribution in [1.82, 2.24) is 9.97 Å². The molecular formula is C13H14N2O2. The van der Waals surface area contributed by atoms with Crippen LogP contribution in [0, 0.1) is 0 Å². The predicted molar refractivity (Wildman–Crippen MR) is 64.0 cm³/mol. The number of carbonyl (C=O) groups is 1. The Morgan fingerprint density at radius 1 is 1.53 bits per heavy atom. The van der Waals surface area contributed by atoms with Gasteiger partial charge >= 0.3 is 5.97 Å². The maximum absolute atomic E-state index is 11.0. The Morgan fingerprint density at radius 2 is 2.35 bits per heavy atom. The lowest BCUT2D eigenvalue weighted by atomic mass is 9.81. The van der Waals surface area contributed by atoms with E-state index in [1.165, 1.54) is 6.42 Å². The van der Waals surface area contributed by atoms with Gasteiger partial charge in [0.2, 0.25) is 0 Å². The molecule has 0 spiro atoms. The summed E-state index contributed by atoms with van der Waals surface area (Å²) < 4.78 is 0. The molecule has 0 radical (unpaired) electrons. The maximum atomic E-state index is 11.0. The Bertz CT molecular complexity index is 570. The van der Waals surface area contributed by atoms with Crippen molar-refractivity contribution in [3.63, 3.8) is 0 Å². The van der Waals surface area contributed by atoms with Gasteiger partial charge in [-0.25, -0.2) is 4.98 Å². The molecule has 0 aromatic carbocycles. The topological polar surface area (TPSA) is 66.0 Å². The molecule has 4 nitrogen and oxygen atoms in total. The highest BCUT2D eigenvalue weighted by Gasteiger charge is 2.26. The van der Waals surface area contributed by atoms with E-state index < -0.39 is 5.97 Å². The van der Waals surface area contributed by atoms with Gasteiger partial charge in [-0.05, 0) is 36.5 Å². The fourth-order valence-corrected chi connectivity index (χ4v) is 2.48. The summed E-state index contributed by atoms with van der Waals surface area (Å²) in [6.07, 6.45) is 5.35. The normalized spacial score (nSPS) is 16.0. The lowest BCUT2D eigenvalue weighted by Crippen LogP contribution is -2.12. The van der Waals surface area contributed by atoms with Gasteiger partial charge in [-0.1, -0.05) is 6.42 Å². The van der Waals surface area contributed by atoms with Crippen molar-refractivity contribution in [3.8, 4) is 0 Å². The van der Waals surface area contributed by atoms with Gasteiger partial charge in [0.05, 0.1) is 6.42 Å². The highest BCUT2D eigenvalue weighted by molar-refractivity contribution is 5.86. The van der Waals surface area contributed by atoms with Crippen LogP contribution in [0.1, 0.15) is 36.4 Å². The smallest absolute Gasteiger partial charge is 0.307 e. The number of aromatic amines is 1. The van der Waals surface area contributed by atoms with Crippen LogP contribution < -0.4 is 0 Å². The van der Waals surface area contributed by atoms with Crippen molar-refractivity contribution < 1.29 is 9.90 Å². The molecule has 2 N–H and O–H groups in total. The van der Waals surface area contributed by atoms with E-state index in [2.05, 4.69) is 9.97 Å². The van der Waals surface area contributed by atoms with Gasteiger partial charge in [0.1, 0.15) is 5.65 Å². The van der Waals surface area contributed by atoms with Crippen LogP contribution in [0.3, 0.4) is 0 Å². The minimum absolute atomic E-state index is 0.0809. The van der Waals surface area contributed by atoms with Gasteiger partial charge in [0, 0.05) is 17.3 Å². The van der Waals surface area contributed by atoms with E-state index in [4.69, 9.17) is 5.11 Å². The number of nitrogens with zero attached hydrogens (tertiary/aromatic N) is 1. The standard InChI is InChI=1S/C13H14N2O2/c16-11(17)7-10-9-5-2-6-14-13(9)15-12(10)8-3-1-4-8/h2,5-6,8H,1,3-4,7H2,(H,14,15)(H,16,17). The summed E-state index contributed by atoms with van der Waals surface area (Å²) in [4.78, 5) is 18.5. The minimum atomic E-state index is -0.782. The molecule has 0 bridgehead atoms. The molecule has 0 saturated heterocycles. The average Bonchev–Trinajstić information content (AvgIpc) is 2.55. The Morgan fingerprint density at radius 3 is 3.00 bits per heavy atom. The third-order valence-corrected chi connectivity index (χ3v) is 3.55. The van der Waals surface area contributed by atoms with Gasteiger partial charge in [-0.15, -0.1) is 0 Å². The van der Waals surface area contributed by atoms with Crippen molar-refractivity contribution in [3.05, 3.63) is 29.6 Å². The highest BCUT2D eigenvalue weighted by atomic mass is 16.4. The number of H-pyrrole nitrogens is 1. The molecule has 3 rings (SSSR count). The number of aromatic nitrogens is 2. The van der Waals surface area contributed by atoms with E-state index >= 15 is 0 Å². The monoisotopic (exact) mass is 230 g/mol. The second kappa shape index (κ2) is 3.87. The number of hydrogen-bond donors (Lipinski definition) is 2. The maximum Gasteiger partial charge on any atom is 0.307 e. The molecule has 17 heavy (non-hydrogen) atoms. The van der Waals surface area contributed by atoms with Crippen LogP contribution in [0.2, 0.25) is 0 Å². The summed E-state index contributed by atoms with van der Waals surface area (Å²) in [5.74, 6) is -0.283. The third-order valence-electron chi connectivity index (χ3n) is 3.55. The molecule has 2 heterocycles. The molecule has 0 atom stereocenters. The van der Waals surface area contributed by atoms with E-state index in [0.717, 1.165) is 35.1 Å². The van der Waals surface area contributed by atoms with E-state index in [-0.39, 0.29) is 6.42 Å². The van der Waals surface area contributed by atoms with Crippen LogP contribution in [0.4, 0.5) is 0 Å². The number of fused-ring (bicyclic) bond motifs is 1. The molecule has 1 aliphatic carbocycles. The first-order valence-corrected chi connectivity index (χ1v) is 5.93. The molecule has 2 aromatic rings. The molecule has 2 aromatic heterocycles. The van der Waals surface area contributed by atoms with Crippen LogP contribution in [-0.2, 0) is 11.2 Å². The largest absolute Gasteiger partial charge is 0.481 e. The summed E-state index contributed by atoms with van der Waals surface area (Å²) in [7, 11) is 0. The molecule has 1 aliphatic rings. The van der Waals surface area contributed by atoms with Crippen molar-refractivity contribution in [2.75, 3.05) is 0 Å². The molecule has 0 amide bonds. The van der Waals surface area contributed by atoms with Crippen LogP contribution in [-0.4, -0.2) is 21.0 Å². The number of carboxylic acids is 1. The summed E-state index contributed by atoms with van der Waals surface area (Å²) >= 11 is 0. The number of carboxylic acid groups (broad SMARTS) is 1. The molecule has 88 valence electrons. The fraction of sp³-hybridized carbons (Fsp3) is 0.385. The first kappa shape index (κ1) is 10.3. The SMILES string of the molecule is O=C(O)Cc1c(C2CCC2)[nH]c2ncccc12. The van der Waals surface area contributed by atoms with Crippen LogP contribution in [0.25, 0.3) is 11.0 Å². The van der Waals surface area contributed by atoms with Gasteiger partial charge in [-0.3, -0.25) is 4.79 Å². The fourth-order valence-electron chi connectivity index (χ4n) is 2.48. The number of hydrogen-bond acceptors (Lipinski definition) is 2. The Hall–Kier alpha value is -1.84. The van der Waals surface area contributed by atoms with Crippen molar-refractivity contribution in [2.24, 2.45) is 0 Å². The molecular weight excluding hydrogens is 216 g/mol. The van der Waals surface area contributed by atoms with Gasteiger partial charge in [0.15, 0.2) is 0 Å². The van der Waals surface area contributed by atoms with Gasteiger partial charge in [0.25, 0.3) is 0 Å². The van der Waals surface area contributed by atoms with Crippen molar-refractivity contribution in [1.29, 1.82) is 0 Å². The number of rotatable bonds is 3.